The second-order valence-electron chi connectivity index (χ2n) is 7.18. The van der Waals surface area contributed by atoms with Gasteiger partial charge in [-0.3, -0.25) is 4.79 Å². The number of hydrogen-bond acceptors (Lipinski definition) is 5. The number of aromatic nitrogens is 2. The minimum atomic E-state index is -4.53. The van der Waals surface area contributed by atoms with Gasteiger partial charge in [0.05, 0.1) is 16.6 Å². The lowest BCUT2D eigenvalue weighted by Gasteiger charge is -2.33. The van der Waals surface area contributed by atoms with E-state index in [0.29, 0.717) is 39.0 Å². The Hall–Kier alpha value is -2.16. The van der Waals surface area contributed by atoms with Gasteiger partial charge in [-0.1, -0.05) is 5.16 Å². The molecule has 4 rings (SSSR count). The topological polar surface area (TPSA) is 68.5 Å². The number of halogens is 3. The molecule has 6 nitrogen and oxygen atoms in total. The van der Waals surface area contributed by atoms with Crippen LogP contribution in [0.15, 0.2) is 10.6 Å². The lowest BCUT2D eigenvalue weighted by Crippen LogP contribution is -2.44. The normalized spacial score (nSPS) is 23.9. The molecule has 2 fully saturated rings. The van der Waals surface area contributed by atoms with Crippen molar-refractivity contribution < 1.29 is 27.2 Å². The molecule has 0 bridgehead atoms. The van der Waals surface area contributed by atoms with E-state index in [1.54, 1.807) is 4.90 Å². The molecule has 2 aliphatic rings. The van der Waals surface area contributed by atoms with Crippen molar-refractivity contribution in [2.45, 2.75) is 50.8 Å². The Morgan fingerprint density at radius 1 is 1.30 bits per heavy atom. The van der Waals surface area contributed by atoms with E-state index >= 15 is 0 Å². The van der Waals surface area contributed by atoms with Crippen molar-refractivity contribution in [2.75, 3.05) is 19.7 Å². The van der Waals surface area contributed by atoms with Crippen molar-refractivity contribution in [3.63, 3.8) is 0 Å². The van der Waals surface area contributed by atoms with Crippen LogP contribution >= 0.6 is 0 Å². The van der Waals surface area contributed by atoms with Crippen LogP contribution in [0.3, 0.4) is 0 Å². The van der Waals surface area contributed by atoms with Crippen LogP contribution in [-0.2, 0) is 15.7 Å². The fourth-order valence-electron chi connectivity index (χ4n) is 3.98. The van der Waals surface area contributed by atoms with E-state index in [-0.39, 0.29) is 34.3 Å². The molecule has 1 amide bonds. The zero-order valence-electron chi connectivity index (χ0n) is 14.9. The zero-order valence-corrected chi connectivity index (χ0v) is 14.9. The van der Waals surface area contributed by atoms with Crippen LogP contribution in [0.4, 0.5) is 13.2 Å². The van der Waals surface area contributed by atoms with Gasteiger partial charge in [0.1, 0.15) is 6.10 Å². The van der Waals surface area contributed by atoms with E-state index in [0.717, 1.165) is 12.5 Å². The first-order valence-electron chi connectivity index (χ1n) is 9.09. The predicted octanol–water partition coefficient (Wildman–Crippen LogP) is 3.44. The zero-order chi connectivity index (χ0) is 19.2. The third kappa shape index (κ3) is 3.40. The Bertz CT molecular complexity index is 859. The van der Waals surface area contributed by atoms with Gasteiger partial charge in [0.2, 0.25) is 0 Å². The van der Waals surface area contributed by atoms with Crippen LogP contribution in [-0.4, -0.2) is 46.7 Å². The lowest BCUT2D eigenvalue weighted by atomic mass is 9.91. The fraction of sp³-hybridized carbons (Fsp3) is 0.611. The summed E-state index contributed by atoms with van der Waals surface area (Å²) in [5, 5.41) is 3.83. The van der Waals surface area contributed by atoms with Crippen LogP contribution in [0.1, 0.15) is 48.6 Å². The monoisotopic (exact) mass is 383 g/mol. The molecule has 0 N–H and O–H groups in total. The van der Waals surface area contributed by atoms with Gasteiger partial charge in [0.25, 0.3) is 11.6 Å². The highest BCUT2D eigenvalue weighted by Crippen LogP contribution is 2.40. The number of amides is 1. The maximum Gasteiger partial charge on any atom is 0.417 e. The van der Waals surface area contributed by atoms with Gasteiger partial charge in [-0.15, -0.1) is 0 Å². The van der Waals surface area contributed by atoms with E-state index in [2.05, 4.69) is 10.1 Å². The molecule has 0 saturated carbocycles. The number of carbonyl (C=O) groups is 1. The molecule has 146 valence electrons. The van der Waals surface area contributed by atoms with Crippen molar-refractivity contribution in [3.05, 3.63) is 23.0 Å². The van der Waals surface area contributed by atoms with E-state index in [4.69, 9.17) is 9.26 Å². The highest BCUT2D eigenvalue weighted by Gasteiger charge is 2.39. The van der Waals surface area contributed by atoms with Gasteiger partial charge in [-0.2, -0.15) is 13.2 Å². The molecule has 2 atom stereocenters. The molecule has 2 aromatic heterocycles. The maximum atomic E-state index is 13.6. The average Bonchev–Trinajstić information content (AvgIpc) is 3.29. The molecule has 27 heavy (non-hydrogen) atoms. The number of hydrogen-bond donors (Lipinski definition) is 0. The molecule has 0 aromatic carbocycles. The van der Waals surface area contributed by atoms with Gasteiger partial charge < -0.3 is 14.2 Å². The number of nitrogens with zero attached hydrogens (tertiary/aromatic N) is 3. The Morgan fingerprint density at radius 3 is 2.81 bits per heavy atom. The summed E-state index contributed by atoms with van der Waals surface area (Å²) in [5.74, 6) is -0.411. The molecule has 2 aromatic rings. The van der Waals surface area contributed by atoms with Crippen molar-refractivity contribution in [1.29, 1.82) is 0 Å². The quantitative estimate of drug-likeness (QED) is 0.795. The highest BCUT2D eigenvalue weighted by atomic mass is 19.4. The Labute approximate surface area is 153 Å². The van der Waals surface area contributed by atoms with Crippen LogP contribution in [0.2, 0.25) is 0 Å². The Balaban J connectivity index is 1.66. The van der Waals surface area contributed by atoms with Gasteiger partial charge in [0, 0.05) is 31.3 Å². The minimum Gasteiger partial charge on any atom is -0.368 e. The van der Waals surface area contributed by atoms with Gasteiger partial charge in [0.15, 0.2) is 0 Å². The van der Waals surface area contributed by atoms with E-state index in [1.165, 1.54) is 6.92 Å². The van der Waals surface area contributed by atoms with Gasteiger partial charge in [-0.05, 0) is 38.7 Å². The lowest BCUT2D eigenvalue weighted by molar-refractivity contribution is -0.142. The van der Waals surface area contributed by atoms with Crippen LogP contribution in [0, 0.1) is 6.92 Å². The number of pyridine rings is 1. The SMILES string of the molecule is Cc1cc(C(F)(F)F)c2c([C@@H]3CCCN(C(=O)[C@H]4CCCO4)C3)noc2n1. The average molecular weight is 383 g/mol. The maximum absolute atomic E-state index is 13.6. The number of piperidine rings is 1. The van der Waals surface area contributed by atoms with Crippen molar-refractivity contribution in [3.8, 4) is 0 Å². The molecular weight excluding hydrogens is 363 g/mol. The highest BCUT2D eigenvalue weighted by molar-refractivity contribution is 5.83. The molecule has 2 aliphatic heterocycles. The fourth-order valence-corrected chi connectivity index (χ4v) is 3.98. The van der Waals surface area contributed by atoms with Crippen molar-refractivity contribution in [1.82, 2.24) is 15.0 Å². The number of rotatable bonds is 2. The summed E-state index contributed by atoms with van der Waals surface area (Å²) in [4.78, 5) is 18.3. The standard InChI is InChI=1S/C18H20F3N3O3/c1-10-8-12(18(19,20)21)14-15(23-27-16(14)22-10)11-4-2-6-24(9-11)17(25)13-5-3-7-26-13/h8,11,13H,2-7,9H2,1H3/t11-,13-/m1/s1. The molecular formula is C18H20F3N3O3. The molecule has 4 heterocycles. The predicted molar refractivity (Wildman–Crippen MR) is 89.1 cm³/mol. The van der Waals surface area contributed by atoms with Crippen LogP contribution < -0.4 is 0 Å². The van der Waals surface area contributed by atoms with Crippen molar-refractivity contribution in [2.24, 2.45) is 0 Å². The molecule has 9 heteroatoms. The van der Waals surface area contributed by atoms with Crippen LogP contribution in [0.5, 0.6) is 0 Å². The van der Waals surface area contributed by atoms with E-state index in [1.807, 2.05) is 0 Å². The number of carbonyl (C=O) groups excluding carboxylic acids is 1. The number of aryl methyl sites for hydroxylation is 1. The smallest absolute Gasteiger partial charge is 0.368 e. The minimum absolute atomic E-state index is 0.0879. The van der Waals surface area contributed by atoms with Gasteiger partial charge in [-0.25, -0.2) is 4.98 Å². The number of likely N-dealkylation sites (tertiary alicyclic amines) is 1. The molecule has 0 aliphatic carbocycles. The number of fused-ring (bicyclic) bond motifs is 1. The van der Waals surface area contributed by atoms with Crippen molar-refractivity contribution >= 4 is 17.0 Å². The third-order valence-corrected chi connectivity index (χ3v) is 5.23. The molecule has 0 spiro atoms. The van der Waals surface area contributed by atoms with E-state index < -0.39 is 17.8 Å². The Morgan fingerprint density at radius 2 is 2.11 bits per heavy atom. The third-order valence-electron chi connectivity index (χ3n) is 5.23. The summed E-state index contributed by atoms with van der Waals surface area (Å²) >= 11 is 0. The molecule has 2 saturated heterocycles. The summed E-state index contributed by atoms with van der Waals surface area (Å²) in [6.07, 6.45) is -2.10. The van der Waals surface area contributed by atoms with E-state index in [9.17, 15) is 18.0 Å². The first kappa shape index (κ1) is 18.2. The van der Waals surface area contributed by atoms with Crippen LogP contribution in [0.25, 0.3) is 11.1 Å². The van der Waals surface area contributed by atoms with Gasteiger partial charge >= 0.3 is 6.18 Å². The first-order chi connectivity index (χ1) is 12.8. The summed E-state index contributed by atoms with van der Waals surface area (Å²) in [5.41, 5.74) is -0.449. The first-order valence-corrected chi connectivity index (χ1v) is 9.09. The summed E-state index contributed by atoms with van der Waals surface area (Å²) < 4.78 is 51.2. The summed E-state index contributed by atoms with van der Waals surface area (Å²) in [7, 11) is 0. The molecule has 0 radical (unpaired) electrons. The summed E-state index contributed by atoms with van der Waals surface area (Å²) in [6, 6.07) is 1.02. The Kier molecular flexibility index (Phi) is 4.57. The second-order valence-corrected chi connectivity index (χ2v) is 7.18. The number of alkyl halides is 3. The molecule has 0 unspecified atom stereocenters. The second kappa shape index (κ2) is 6.78. The largest absolute Gasteiger partial charge is 0.417 e. The number of ether oxygens (including phenoxy) is 1. The summed E-state index contributed by atoms with van der Waals surface area (Å²) in [6.45, 7) is 2.95.